The average Bonchev–Trinajstić information content (AvgIpc) is 3.42. The summed E-state index contributed by atoms with van der Waals surface area (Å²) in [6.07, 6.45) is 88.3. The van der Waals surface area contributed by atoms with Gasteiger partial charge in [-0.2, -0.15) is 0 Å². The third-order valence-corrected chi connectivity index (χ3v) is 15.8. The molecular weight excluding hydrogens is 1010 g/mol. The number of nitrogens with one attached hydrogen (secondary N) is 1. The number of hydrogen-bond acceptors (Lipinski definition) is 5. The summed E-state index contributed by atoms with van der Waals surface area (Å²) < 4.78 is 23.8. The Bertz CT molecular complexity index is 1620. The van der Waals surface area contributed by atoms with E-state index in [-0.39, 0.29) is 19.1 Å². The fourth-order valence-corrected chi connectivity index (χ4v) is 10.3. The molecule has 0 aromatic rings. The third kappa shape index (κ3) is 63.0. The van der Waals surface area contributed by atoms with Gasteiger partial charge in [0.2, 0.25) is 5.91 Å². The van der Waals surface area contributed by atoms with Crippen molar-refractivity contribution in [1.82, 2.24) is 5.32 Å². The summed E-state index contributed by atoms with van der Waals surface area (Å²) in [5.74, 6) is -0.185. The lowest BCUT2D eigenvalue weighted by Gasteiger charge is -2.25. The van der Waals surface area contributed by atoms with E-state index in [9.17, 15) is 19.4 Å². The van der Waals surface area contributed by atoms with Gasteiger partial charge in [-0.3, -0.25) is 13.8 Å². The molecule has 0 aliphatic rings. The van der Waals surface area contributed by atoms with Crippen LogP contribution in [0.1, 0.15) is 296 Å². The van der Waals surface area contributed by atoms with E-state index in [1.807, 2.05) is 27.2 Å². The molecule has 8 nitrogen and oxygen atoms in total. The number of quaternary nitrogens is 1. The van der Waals surface area contributed by atoms with E-state index >= 15 is 0 Å². The highest BCUT2D eigenvalue weighted by molar-refractivity contribution is 7.47. The minimum absolute atomic E-state index is 0.0544. The Balaban J connectivity index is 4.07. The summed E-state index contributed by atoms with van der Waals surface area (Å²) in [4.78, 5) is 23.4. The maximum Gasteiger partial charge on any atom is 0.472 e. The van der Waals surface area contributed by atoms with Crippen molar-refractivity contribution in [2.75, 3.05) is 40.9 Å². The van der Waals surface area contributed by atoms with E-state index < -0.39 is 20.0 Å². The van der Waals surface area contributed by atoms with E-state index in [0.717, 1.165) is 77.0 Å². The van der Waals surface area contributed by atoms with Crippen molar-refractivity contribution >= 4 is 13.7 Å². The zero-order valence-electron chi connectivity index (χ0n) is 53.0. The van der Waals surface area contributed by atoms with E-state index in [1.165, 1.54) is 199 Å². The molecule has 0 heterocycles. The molecule has 0 fully saturated rings. The number of unbranched alkanes of at least 4 members (excludes halogenated alkanes) is 34. The van der Waals surface area contributed by atoms with Crippen LogP contribution in [0.2, 0.25) is 0 Å². The largest absolute Gasteiger partial charge is 0.472 e. The second-order valence-electron chi connectivity index (χ2n) is 23.8. The summed E-state index contributed by atoms with van der Waals surface area (Å²) >= 11 is 0. The van der Waals surface area contributed by atoms with Gasteiger partial charge in [0.15, 0.2) is 0 Å². The summed E-state index contributed by atoms with van der Waals surface area (Å²) in [5.41, 5.74) is 0. The number of allylic oxidation sites excluding steroid dienone is 15. The number of carbonyl (C=O) groups is 1. The number of carbonyl (C=O) groups excluding carboxylic acids is 1. The number of phosphoric ester groups is 1. The average molecular weight is 1140 g/mol. The molecule has 80 heavy (non-hydrogen) atoms. The Kier molecular flexibility index (Phi) is 59.0. The molecule has 0 bridgehead atoms. The zero-order chi connectivity index (χ0) is 58.4. The molecule has 3 atom stereocenters. The molecule has 9 heteroatoms. The summed E-state index contributed by atoms with van der Waals surface area (Å²) in [7, 11) is 1.56. The van der Waals surface area contributed by atoms with Crippen LogP contribution in [0.25, 0.3) is 0 Å². The van der Waals surface area contributed by atoms with Crippen molar-refractivity contribution in [1.29, 1.82) is 0 Å². The number of phosphoric acid groups is 1. The number of aliphatic hydroxyl groups excluding tert-OH is 1. The van der Waals surface area contributed by atoms with Crippen LogP contribution in [0.3, 0.4) is 0 Å². The Hall–Kier alpha value is -2.58. The minimum atomic E-state index is -4.36. The Morgan fingerprint density at radius 2 is 0.762 bits per heavy atom. The molecule has 1 amide bonds. The van der Waals surface area contributed by atoms with Crippen molar-refractivity contribution < 1.29 is 32.9 Å². The van der Waals surface area contributed by atoms with E-state index in [1.54, 1.807) is 6.08 Å². The number of rotatable bonds is 61. The van der Waals surface area contributed by atoms with Gasteiger partial charge in [0.25, 0.3) is 0 Å². The fraction of sp³-hybridized carbons (Fsp3) is 0.761. The van der Waals surface area contributed by atoms with Crippen LogP contribution in [0.5, 0.6) is 0 Å². The van der Waals surface area contributed by atoms with Crippen LogP contribution in [-0.2, 0) is 18.4 Å². The molecule has 0 aliphatic heterocycles. The summed E-state index contributed by atoms with van der Waals surface area (Å²) in [6, 6.07) is -0.868. The van der Waals surface area contributed by atoms with Gasteiger partial charge in [0.1, 0.15) is 13.2 Å². The Labute approximate surface area is 496 Å². The van der Waals surface area contributed by atoms with Crippen LogP contribution < -0.4 is 5.32 Å². The molecule has 0 saturated carbocycles. The quantitative estimate of drug-likeness (QED) is 0.0243. The van der Waals surface area contributed by atoms with Crippen LogP contribution in [0.4, 0.5) is 0 Å². The van der Waals surface area contributed by atoms with Crippen molar-refractivity contribution in [2.24, 2.45) is 0 Å². The van der Waals surface area contributed by atoms with Gasteiger partial charge in [-0.05, 0) is 83.5 Å². The molecule has 0 radical (unpaired) electrons. The Morgan fingerprint density at radius 3 is 1.15 bits per heavy atom. The van der Waals surface area contributed by atoms with E-state index in [0.29, 0.717) is 17.4 Å². The van der Waals surface area contributed by atoms with Gasteiger partial charge in [-0.15, -0.1) is 0 Å². The van der Waals surface area contributed by atoms with Crippen LogP contribution in [0, 0.1) is 0 Å². The number of likely N-dealkylation sites (N-methyl/N-ethyl adjacent to an activating group) is 1. The molecule has 0 spiro atoms. The van der Waals surface area contributed by atoms with Crippen molar-refractivity contribution in [2.45, 2.75) is 309 Å². The first-order valence-electron chi connectivity index (χ1n) is 33.6. The summed E-state index contributed by atoms with van der Waals surface area (Å²) in [5, 5.41) is 14.0. The van der Waals surface area contributed by atoms with Gasteiger partial charge in [-0.1, -0.05) is 304 Å². The number of amides is 1. The van der Waals surface area contributed by atoms with Crippen LogP contribution in [0.15, 0.2) is 97.2 Å². The monoisotopic (exact) mass is 1140 g/mol. The highest BCUT2D eigenvalue weighted by Gasteiger charge is 2.28. The topological polar surface area (TPSA) is 105 Å². The van der Waals surface area contributed by atoms with E-state index in [4.69, 9.17) is 9.05 Å². The van der Waals surface area contributed by atoms with E-state index in [2.05, 4.69) is 104 Å². The first-order chi connectivity index (χ1) is 39.0. The molecular formula is C71H130N2O6P+. The molecule has 3 N–H and O–H groups in total. The first kappa shape index (κ1) is 77.4. The normalized spacial score (nSPS) is 14.3. The standard InChI is InChI=1S/C71H129N2O6P/c1-6-8-10-12-14-16-18-20-22-24-26-28-29-30-31-32-33-34-35-36-37-38-39-40-41-42-43-45-47-49-51-53-55-57-59-61-63-65-71(75)72-69(68-79-80(76,77)78-67-66-73(3,4)5)70(74)64-62-60-58-56-54-52-50-48-46-44-27-25-23-21-19-17-15-13-11-9-7-2/h8,10,14,16,20,22,26,28,30-31,33-34,54,56,62,64,69-70,74H,6-7,9,11-13,15,17-19,21,23-25,27,29,32,35-53,55,57-61,63,65-68H2,1-5H3,(H-,72,75,76,77)/p+1/b10-8-,16-14-,22-20-,28-26-,31-30-,34-33-,56-54+,64-62+. The lowest BCUT2D eigenvalue weighted by Crippen LogP contribution is -2.45. The third-order valence-electron chi connectivity index (χ3n) is 14.8. The maximum atomic E-state index is 13.0. The minimum Gasteiger partial charge on any atom is -0.387 e. The molecule has 0 aliphatic carbocycles. The highest BCUT2D eigenvalue weighted by Crippen LogP contribution is 2.43. The predicted octanol–water partition coefficient (Wildman–Crippen LogP) is 21.3. The smallest absolute Gasteiger partial charge is 0.387 e. The van der Waals surface area contributed by atoms with Crippen molar-refractivity contribution in [3.05, 3.63) is 97.2 Å². The molecule has 0 aromatic heterocycles. The van der Waals surface area contributed by atoms with Crippen LogP contribution in [-0.4, -0.2) is 73.4 Å². The molecule has 0 rings (SSSR count). The Morgan fingerprint density at radius 1 is 0.438 bits per heavy atom. The van der Waals surface area contributed by atoms with Gasteiger partial charge < -0.3 is 19.8 Å². The lowest BCUT2D eigenvalue weighted by molar-refractivity contribution is -0.870. The lowest BCUT2D eigenvalue weighted by atomic mass is 10.0. The van der Waals surface area contributed by atoms with Gasteiger partial charge >= 0.3 is 7.82 Å². The first-order valence-corrected chi connectivity index (χ1v) is 35.1. The number of hydrogen-bond donors (Lipinski definition) is 3. The van der Waals surface area contributed by atoms with Crippen molar-refractivity contribution in [3.8, 4) is 0 Å². The fourth-order valence-electron chi connectivity index (χ4n) is 9.59. The number of nitrogens with zero attached hydrogens (tertiary/aromatic N) is 1. The molecule has 0 saturated heterocycles. The summed E-state index contributed by atoms with van der Waals surface area (Å²) in [6.45, 7) is 4.71. The zero-order valence-corrected chi connectivity index (χ0v) is 53.9. The van der Waals surface area contributed by atoms with Gasteiger partial charge in [0, 0.05) is 6.42 Å². The van der Waals surface area contributed by atoms with Crippen LogP contribution >= 0.6 is 7.82 Å². The van der Waals surface area contributed by atoms with Crippen molar-refractivity contribution in [3.63, 3.8) is 0 Å². The molecule has 3 unspecified atom stereocenters. The second-order valence-corrected chi connectivity index (χ2v) is 25.3. The van der Waals surface area contributed by atoms with Gasteiger partial charge in [0.05, 0.1) is 39.9 Å². The predicted molar refractivity (Wildman–Crippen MR) is 350 cm³/mol. The molecule has 464 valence electrons. The highest BCUT2D eigenvalue weighted by atomic mass is 31.2. The van der Waals surface area contributed by atoms with Gasteiger partial charge in [-0.25, -0.2) is 4.57 Å². The number of aliphatic hydroxyl groups is 1. The molecule has 0 aromatic carbocycles. The second kappa shape index (κ2) is 61.0. The maximum absolute atomic E-state index is 13.0. The SMILES string of the molecule is CC/C=C\C/C=C\C/C=C\C/C=C\C/C=C\C/C=C\CCCCCCCCCCCCCCCCCCCCC(=O)NC(COP(=O)(O)OCC[N+](C)(C)C)C(O)/C=C/CC/C=C/CCCCCCCCCCCCCCCCC.